The van der Waals surface area contributed by atoms with Crippen molar-refractivity contribution in [1.29, 1.82) is 0 Å². The minimum absolute atomic E-state index is 0.0623. The van der Waals surface area contributed by atoms with Crippen molar-refractivity contribution in [3.8, 4) is 22.5 Å². The Balaban J connectivity index is 1.43. The second-order valence-corrected chi connectivity index (χ2v) is 10.7. The number of imidazole rings is 1. The molecule has 0 atom stereocenters. The number of fused-ring (bicyclic) bond motifs is 2. The lowest BCUT2D eigenvalue weighted by atomic mass is 9.93. The molecular weight excluding hydrogens is 506 g/mol. The molecule has 0 saturated carbocycles. The number of rotatable bonds is 7. The Labute approximate surface area is 232 Å². The quantitative estimate of drug-likeness (QED) is 0.370. The summed E-state index contributed by atoms with van der Waals surface area (Å²) in [6.07, 6.45) is 4.27. The molecule has 0 unspecified atom stereocenters. The van der Waals surface area contributed by atoms with Crippen LogP contribution in [0.2, 0.25) is 0 Å². The molecule has 0 spiro atoms. The highest BCUT2D eigenvalue weighted by Gasteiger charge is 2.27. The Morgan fingerprint density at radius 2 is 1.88 bits per heavy atom. The number of aryl methyl sites for hydroxylation is 1. The molecule has 206 valence electrons. The molecule has 10 nitrogen and oxygen atoms in total. The van der Waals surface area contributed by atoms with Gasteiger partial charge in [0.15, 0.2) is 0 Å². The summed E-state index contributed by atoms with van der Waals surface area (Å²) in [6.45, 7) is 9.12. The van der Waals surface area contributed by atoms with Gasteiger partial charge in [-0.15, -0.1) is 0 Å². The predicted molar refractivity (Wildman–Crippen MR) is 152 cm³/mol. The molecule has 4 aromatic rings. The van der Waals surface area contributed by atoms with Gasteiger partial charge in [0.1, 0.15) is 11.5 Å². The summed E-state index contributed by atoms with van der Waals surface area (Å²) >= 11 is 0. The Hall–Kier alpha value is -4.60. The monoisotopic (exact) mass is 539 g/mol. The summed E-state index contributed by atoms with van der Waals surface area (Å²) in [7, 11) is 0. The third kappa shape index (κ3) is 5.04. The van der Waals surface area contributed by atoms with E-state index in [2.05, 4.69) is 21.8 Å². The molecule has 40 heavy (non-hydrogen) atoms. The molecule has 0 aliphatic carbocycles. The smallest absolute Gasteiger partial charge is 0.269 e. The van der Waals surface area contributed by atoms with Crippen molar-refractivity contribution in [1.82, 2.24) is 29.7 Å². The molecule has 3 N–H and O–H groups in total. The van der Waals surface area contributed by atoms with Crippen molar-refractivity contribution in [2.24, 2.45) is 11.1 Å². The van der Waals surface area contributed by atoms with Gasteiger partial charge in [0.05, 0.1) is 29.0 Å². The van der Waals surface area contributed by atoms with Crippen LogP contribution in [0.15, 0.2) is 48.8 Å². The number of carbonyl (C=O) groups is 3. The van der Waals surface area contributed by atoms with Gasteiger partial charge in [-0.05, 0) is 37.4 Å². The molecule has 10 heteroatoms. The Morgan fingerprint density at radius 3 is 2.55 bits per heavy atom. The topological polar surface area (TPSA) is 136 Å². The zero-order valence-corrected chi connectivity index (χ0v) is 23.2. The van der Waals surface area contributed by atoms with E-state index in [1.165, 1.54) is 0 Å². The molecule has 3 amide bonds. The van der Waals surface area contributed by atoms with E-state index in [0.29, 0.717) is 13.1 Å². The van der Waals surface area contributed by atoms with E-state index < -0.39 is 11.3 Å². The standard InChI is InChI=1S/C30H33N7O3/c1-5-26-35-27(25-16-36(18(2)38)11-12-37(25)26)21-8-6-7-19-13-24(33-15-22(19)21)20-9-10-23(32-14-20)28(39)34-17-30(3,4)29(31)40/h6-10,13-15H,5,11-12,16-17H2,1-4H3,(H2,31,40)(H,34,39). The number of amides is 3. The highest BCUT2D eigenvalue weighted by molar-refractivity contribution is 5.97. The fourth-order valence-corrected chi connectivity index (χ4v) is 4.89. The van der Waals surface area contributed by atoms with Crippen LogP contribution < -0.4 is 11.1 Å². The molecule has 0 fully saturated rings. The summed E-state index contributed by atoms with van der Waals surface area (Å²) in [5.74, 6) is 0.212. The number of nitrogens with zero attached hydrogens (tertiary/aromatic N) is 5. The van der Waals surface area contributed by atoms with Crippen LogP contribution >= 0.6 is 0 Å². The average Bonchev–Trinajstić information content (AvgIpc) is 3.33. The van der Waals surface area contributed by atoms with Crippen molar-refractivity contribution < 1.29 is 14.4 Å². The molecule has 0 radical (unpaired) electrons. The summed E-state index contributed by atoms with van der Waals surface area (Å²) in [6, 6.07) is 11.5. The molecule has 3 aromatic heterocycles. The van der Waals surface area contributed by atoms with Crippen LogP contribution in [0.3, 0.4) is 0 Å². The number of nitrogens with one attached hydrogen (secondary N) is 1. The van der Waals surface area contributed by atoms with Gasteiger partial charge >= 0.3 is 0 Å². The van der Waals surface area contributed by atoms with Crippen LogP contribution in [0.4, 0.5) is 0 Å². The van der Waals surface area contributed by atoms with Gasteiger partial charge < -0.3 is 20.5 Å². The van der Waals surface area contributed by atoms with Crippen molar-refractivity contribution in [3.05, 3.63) is 66.0 Å². The van der Waals surface area contributed by atoms with Crippen LogP contribution in [0, 0.1) is 5.41 Å². The SMILES string of the molecule is CCc1nc(-c2cccc3cc(-c4ccc(C(=O)NCC(C)(C)C(N)=O)nc4)ncc23)c2n1CCN(C(C)=O)C2. The third-order valence-corrected chi connectivity index (χ3v) is 7.52. The summed E-state index contributed by atoms with van der Waals surface area (Å²) < 4.78 is 2.24. The largest absolute Gasteiger partial charge is 0.369 e. The Kier molecular flexibility index (Phi) is 7.10. The number of aromatic nitrogens is 4. The first kappa shape index (κ1) is 27.0. The van der Waals surface area contributed by atoms with Crippen LogP contribution in [0.1, 0.15) is 49.7 Å². The van der Waals surface area contributed by atoms with E-state index in [1.54, 1.807) is 39.1 Å². The van der Waals surface area contributed by atoms with E-state index in [4.69, 9.17) is 15.7 Å². The fraction of sp³-hybridized carbons (Fsp3) is 0.333. The predicted octanol–water partition coefficient (Wildman–Crippen LogP) is 3.33. The highest BCUT2D eigenvalue weighted by Crippen LogP contribution is 2.34. The van der Waals surface area contributed by atoms with E-state index in [-0.39, 0.29) is 24.1 Å². The zero-order valence-electron chi connectivity index (χ0n) is 23.2. The summed E-state index contributed by atoms with van der Waals surface area (Å²) in [5.41, 5.74) is 9.18. The van der Waals surface area contributed by atoms with Gasteiger partial charge in [-0.25, -0.2) is 4.98 Å². The Bertz CT molecular complexity index is 1620. The van der Waals surface area contributed by atoms with Gasteiger partial charge in [-0.2, -0.15) is 0 Å². The van der Waals surface area contributed by atoms with E-state index in [0.717, 1.165) is 57.8 Å². The average molecular weight is 540 g/mol. The number of carbonyl (C=O) groups excluding carboxylic acids is 3. The van der Waals surface area contributed by atoms with Gasteiger partial charge in [0.25, 0.3) is 5.91 Å². The molecular formula is C30H33N7O3. The van der Waals surface area contributed by atoms with E-state index >= 15 is 0 Å². The highest BCUT2D eigenvalue weighted by atomic mass is 16.2. The first-order chi connectivity index (χ1) is 19.1. The van der Waals surface area contributed by atoms with Crippen molar-refractivity contribution in [2.45, 2.75) is 47.2 Å². The zero-order chi connectivity index (χ0) is 28.6. The number of pyridine rings is 2. The molecule has 0 saturated heterocycles. The van der Waals surface area contributed by atoms with Crippen molar-refractivity contribution >= 4 is 28.5 Å². The molecule has 5 rings (SSSR count). The van der Waals surface area contributed by atoms with Crippen LogP contribution in [-0.4, -0.2) is 55.2 Å². The summed E-state index contributed by atoms with van der Waals surface area (Å²) in [5, 5.41) is 4.68. The lowest BCUT2D eigenvalue weighted by Gasteiger charge is -2.28. The lowest BCUT2D eigenvalue weighted by Crippen LogP contribution is -2.42. The van der Waals surface area contributed by atoms with Gasteiger partial charge in [0.2, 0.25) is 11.8 Å². The lowest BCUT2D eigenvalue weighted by molar-refractivity contribution is -0.130. The molecule has 1 aromatic carbocycles. The van der Waals surface area contributed by atoms with Gasteiger partial charge in [0, 0.05) is 61.9 Å². The van der Waals surface area contributed by atoms with Crippen LogP contribution in [-0.2, 0) is 29.1 Å². The molecule has 4 heterocycles. The van der Waals surface area contributed by atoms with Crippen LogP contribution in [0.5, 0.6) is 0 Å². The molecule has 0 bridgehead atoms. The second-order valence-electron chi connectivity index (χ2n) is 10.7. The molecule has 1 aliphatic rings. The van der Waals surface area contributed by atoms with E-state index in [1.807, 2.05) is 35.4 Å². The number of hydrogen-bond acceptors (Lipinski definition) is 6. The second kappa shape index (κ2) is 10.5. The van der Waals surface area contributed by atoms with Crippen LogP contribution in [0.25, 0.3) is 33.3 Å². The normalized spacial score (nSPS) is 13.2. The first-order valence-electron chi connectivity index (χ1n) is 13.4. The fourth-order valence-electron chi connectivity index (χ4n) is 4.89. The third-order valence-electron chi connectivity index (χ3n) is 7.52. The number of hydrogen-bond donors (Lipinski definition) is 2. The summed E-state index contributed by atoms with van der Waals surface area (Å²) in [4.78, 5) is 52.0. The minimum Gasteiger partial charge on any atom is -0.369 e. The number of benzene rings is 1. The first-order valence-corrected chi connectivity index (χ1v) is 13.4. The van der Waals surface area contributed by atoms with Gasteiger partial charge in [-0.1, -0.05) is 25.1 Å². The maximum atomic E-state index is 12.5. The Morgan fingerprint density at radius 1 is 1.07 bits per heavy atom. The van der Waals surface area contributed by atoms with Gasteiger partial charge in [-0.3, -0.25) is 24.4 Å². The minimum atomic E-state index is -0.857. The molecule has 1 aliphatic heterocycles. The van der Waals surface area contributed by atoms with Crippen molar-refractivity contribution in [2.75, 3.05) is 13.1 Å². The maximum absolute atomic E-state index is 12.5. The van der Waals surface area contributed by atoms with Crippen molar-refractivity contribution in [3.63, 3.8) is 0 Å². The van der Waals surface area contributed by atoms with E-state index in [9.17, 15) is 14.4 Å². The number of primary amides is 1. The number of nitrogens with two attached hydrogens (primary N) is 1. The maximum Gasteiger partial charge on any atom is 0.269 e.